The Kier molecular flexibility index (Phi) is 4.63. The zero-order valence-electron chi connectivity index (χ0n) is 12.4. The fourth-order valence-electron chi connectivity index (χ4n) is 1.80. The lowest BCUT2D eigenvalue weighted by atomic mass is 9.93. The molecule has 0 aliphatic rings. The molecule has 5 heteroatoms. The quantitative estimate of drug-likeness (QED) is 0.835. The highest BCUT2D eigenvalue weighted by Gasteiger charge is 2.21. The fourth-order valence-corrected chi connectivity index (χ4v) is 3.25. The molecule has 108 valence electrons. The molecule has 0 aromatic heterocycles. The van der Waals surface area contributed by atoms with Crippen molar-refractivity contribution in [2.75, 3.05) is 12.3 Å². The number of sulfonamides is 1. The third kappa shape index (κ3) is 4.21. The molecule has 4 nitrogen and oxygen atoms in total. The number of hydrogen-bond donors (Lipinski definition) is 2. The molecule has 3 N–H and O–H groups in total. The van der Waals surface area contributed by atoms with Crippen LogP contribution in [0, 0.1) is 19.3 Å². The highest BCUT2D eigenvalue weighted by Crippen LogP contribution is 2.26. The van der Waals surface area contributed by atoms with Gasteiger partial charge in [0.15, 0.2) is 0 Å². The van der Waals surface area contributed by atoms with E-state index < -0.39 is 10.0 Å². The number of rotatable bonds is 4. The molecule has 0 bridgehead atoms. The van der Waals surface area contributed by atoms with Crippen LogP contribution in [-0.2, 0) is 10.0 Å². The molecule has 0 atom stereocenters. The fraction of sp³-hybridized carbons (Fsp3) is 0.571. The van der Waals surface area contributed by atoms with Crippen LogP contribution in [0.1, 0.15) is 38.3 Å². The first-order chi connectivity index (χ1) is 8.54. The van der Waals surface area contributed by atoms with Crippen LogP contribution >= 0.6 is 0 Å². The van der Waals surface area contributed by atoms with Crippen LogP contribution in [0.15, 0.2) is 17.0 Å². The number of nitrogens with two attached hydrogens (primary N) is 1. The first-order valence-corrected chi connectivity index (χ1v) is 7.88. The Morgan fingerprint density at radius 1 is 1.16 bits per heavy atom. The second-order valence-electron chi connectivity index (χ2n) is 6.15. The average molecular weight is 284 g/mol. The molecule has 0 fully saturated rings. The van der Waals surface area contributed by atoms with E-state index in [1.807, 2.05) is 13.0 Å². The topological polar surface area (TPSA) is 72.2 Å². The first-order valence-electron chi connectivity index (χ1n) is 6.40. The van der Waals surface area contributed by atoms with Gasteiger partial charge in [0.05, 0.1) is 5.69 Å². The standard InChI is InChI=1S/C14H24N2O2S/c1-10-6-7-11(2)13(12(10)15)19(17,18)16-9-8-14(3,4)5/h6-7,16H,8-9,15H2,1-5H3. The van der Waals surface area contributed by atoms with Crippen molar-refractivity contribution in [1.82, 2.24) is 4.72 Å². The summed E-state index contributed by atoms with van der Waals surface area (Å²) in [5, 5.41) is 0. The summed E-state index contributed by atoms with van der Waals surface area (Å²) in [7, 11) is -3.54. The maximum atomic E-state index is 12.3. The van der Waals surface area contributed by atoms with E-state index in [2.05, 4.69) is 25.5 Å². The third-order valence-electron chi connectivity index (χ3n) is 3.05. The van der Waals surface area contributed by atoms with Gasteiger partial charge in [0.1, 0.15) is 4.90 Å². The molecule has 0 radical (unpaired) electrons. The van der Waals surface area contributed by atoms with Crippen molar-refractivity contribution in [3.63, 3.8) is 0 Å². The SMILES string of the molecule is Cc1ccc(C)c(S(=O)(=O)NCCC(C)(C)C)c1N. The van der Waals surface area contributed by atoms with Gasteiger partial charge in [-0.2, -0.15) is 0 Å². The second-order valence-corrected chi connectivity index (χ2v) is 7.85. The van der Waals surface area contributed by atoms with Crippen molar-refractivity contribution < 1.29 is 8.42 Å². The zero-order chi connectivity index (χ0) is 14.8. The molecule has 1 aromatic rings. The van der Waals surface area contributed by atoms with Crippen LogP contribution < -0.4 is 10.5 Å². The first kappa shape index (κ1) is 16.0. The van der Waals surface area contributed by atoms with E-state index in [0.717, 1.165) is 12.0 Å². The van der Waals surface area contributed by atoms with Gasteiger partial charge in [0.25, 0.3) is 0 Å². The predicted molar refractivity (Wildman–Crippen MR) is 79.6 cm³/mol. The van der Waals surface area contributed by atoms with E-state index in [1.165, 1.54) is 0 Å². The van der Waals surface area contributed by atoms with Gasteiger partial charge in [-0.3, -0.25) is 0 Å². The van der Waals surface area contributed by atoms with E-state index in [1.54, 1.807) is 13.0 Å². The van der Waals surface area contributed by atoms with Crippen molar-refractivity contribution in [2.24, 2.45) is 5.41 Å². The summed E-state index contributed by atoms with van der Waals surface area (Å²) >= 11 is 0. The molecule has 0 aliphatic heterocycles. The Balaban J connectivity index is 2.99. The Morgan fingerprint density at radius 2 is 1.68 bits per heavy atom. The molecule has 0 saturated carbocycles. The molecule has 1 rings (SSSR count). The van der Waals surface area contributed by atoms with Gasteiger partial charge in [0, 0.05) is 6.54 Å². The summed E-state index contributed by atoms with van der Waals surface area (Å²) < 4.78 is 27.3. The molecule has 0 unspecified atom stereocenters. The Morgan fingerprint density at radius 3 is 2.21 bits per heavy atom. The Hall–Kier alpha value is -1.07. The summed E-state index contributed by atoms with van der Waals surface area (Å²) in [5.74, 6) is 0. The van der Waals surface area contributed by atoms with Crippen molar-refractivity contribution in [1.29, 1.82) is 0 Å². The lowest BCUT2D eigenvalue weighted by Gasteiger charge is -2.19. The van der Waals surface area contributed by atoms with Crippen molar-refractivity contribution in [3.8, 4) is 0 Å². The second kappa shape index (κ2) is 5.51. The normalized spacial score (nSPS) is 12.7. The number of anilines is 1. The maximum absolute atomic E-state index is 12.3. The predicted octanol–water partition coefficient (Wildman–Crippen LogP) is 2.60. The molecule has 19 heavy (non-hydrogen) atoms. The minimum absolute atomic E-state index is 0.0930. The van der Waals surface area contributed by atoms with Gasteiger partial charge >= 0.3 is 0 Å². The summed E-state index contributed by atoms with van der Waals surface area (Å²) in [4.78, 5) is 0.210. The van der Waals surface area contributed by atoms with Crippen LogP contribution in [0.25, 0.3) is 0 Å². The van der Waals surface area contributed by atoms with Gasteiger partial charge in [-0.05, 0) is 36.8 Å². The molecule has 0 spiro atoms. The summed E-state index contributed by atoms with van der Waals surface area (Å²) in [6.45, 7) is 10.2. The van der Waals surface area contributed by atoms with E-state index in [4.69, 9.17) is 5.73 Å². The smallest absolute Gasteiger partial charge is 0.242 e. The summed E-state index contributed by atoms with van der Waals surface area (Å²) in [5.41, 5.74) is 7.79. The van der Waals surface area contributed by atoms with Crippen LogP contribution in [-0.4, -0.2) is 15.0 Å². The van der Waals surface area contributed by atoms with Gasteiger partial charge < -0.3 is 5.73 Å². The zero-order valence-corrected chi connectivity index (χ0v) is 13.2. The van der Waals surface area contributed by atoms with Gasteiger partial charge in [0.2, 0.25) is 10.0 Å². The maximum Gasteiger partial charge on any atom is 0.242 e. The van der Waals surface area contributed by atoms with E-state index >= 15 is 0 Å². The third-order valence-corrected chi connectivity index (χ3v) is 4.71. The number of hydrogen-bond acceptors (Lipinski definition) is 3. The van der Waals surface area contributed by atoms with E-state index in [-0.39, 0.29) is 10.3 Å². The molecular weight excluding hydrogens is 260 g/mol. The molecule has 0 aliphatic carbocycles. The average Bonchev–Trinajstić information content (AvgIpc) is 2.21. The lowest BCUT2D eigenvalue weighted by molar-refractivity contribution is 0.378. The lowest BCUT2D eigenvalue weighted by Crippen LogP contribution is -2.28. The van der Waals surface area contributed by atoms with E-state index in [9.17, 15) is 8.42 Å². The minimum atomic E-state index is -3.54. The van der Waals surface area contributed by atoms with Gasteiger partial charge in [-0.1, -0.05) is 32.9 Å². The Labute approximate surface area is 116 Å². The molecule has 1 aromatic carbocycles. The highest BCUT2D eigenvalue weighted by atomic mass is 32.2. The van der Waals surface area contributed by atoms with Crippen LogP contribution in [0.5, 0.6) is 0 Å². The van der Waals surface area contributed by atoms with Crippen LogP contribution in [0.4, 0.5) is 5.69 Å². The van der Waals surface area contributed by atoms with Crippen molar-refractivity contribution in [3.05, 3.63) is 23.3 Å². The highest BCUT2D eigenvalue weighted by molar-refractivity contribution is 7.89. The largest absolute Gasteiger partial charge is 0.397 e. The minimum Gasteiger partial charge on any atom is -0.397 e. The summed E-state index contributed by atoms with van der Waals surface area (Å²) in [6.07, 6.45) is 0.775. The number of aryl methyl sites for hydroxylation is 2. The van der Waals surface area contributed by atoms with Crippen LogP contribution in [0.2, 0.25) is 0 Å². The molecule has 0 heterocycles. The van der Waals surface area contributed by atoms with Crippen molar-refractivity contribution >= 4 is 15.7 Å². The molecule has 0 saturated heterocycles. The van der Waals surface area contributed by atoms with Gasteiger partial charge in [-0.25, -0.2) is 13.1 Å². The van der Waals surface area contributed by atoms with Crippen LogP contribution in [0.3, 0.4) is 0 Å². The number of benzene rings is 1. The molecule has 0 amide bonds. The van der Waals surface area contributed by atoms with Gasteiger partial charge in [-0.15, -0.1) is 0 Å². The molecular formula is C14H24N2O2S. The summed E-state index contributed by atoms with van der Waals surface area (Å²) in [6, 6.07) is 3.61. The van der Waals surface area contributed by atoms with Crippen molar-refractivity contribution in [2.45, 2.75) is 45.9 Å². The monoisotopic (exact) mass is 284 g/mol. The number of nitrogens with one attached hydrogen (secondary N) is 1. The number of nitrogen functional groups attached to an aromatic ring is 1. The van der Waals surface area contributed by atoms with E-state index in [0.29, 0.717) is 17.8 Å². The Bertz CT molecular complexity index is 558.